The highest BCUT2D eigenvalue weighted by Crippen LogP contribution is 2.69. The van der Waals surface area contributed by atoms with Crippen molar-refractivity contribution in [1.82, 2.24) is 0 Å². The van der Waals surface area contributed by atoms with E-state index < -0.39 is 46.6 Å². The van der Waals surface area contributed by atoms with E-state index in [0.29, 0.717) is 25.7 Å². The van der Waals surface area contributed by atoms with Crippen molar-refractivity contribution >= 4 is 17.5 Å². The minimum absolute atomic E-state index is 0.105. The summed E-state index contributed by atoms with van der Waals surface area (Å²) in [7, 11) is 0. The van der Waals surface area contributed by atoms with Gasteiger partial charge in [-0.3, -0.25) is 14.4 Å². The average molecular weight is 449 g/mol. The summed E-state index contributed by atoms with van der Waals surface area (Å²) in [6, 6.07) is 0. The lowest BCUT2D eigenvalue weighted by molar-refractivity contribution is -0.181. The maximum Gasteiger partial charge on any atom is 0.308 e. The Morgan fingerprint density at radius 3 is 2.62 bits per heavy atom. The molecule has 0 aromatic carbocycles. The number of ketones is 2. The fourth-order valence-electron chi connectivity index (χ4n) is 7.13. The van der Waals surface area contributed by atoms with E-state index >= 15 is 4.39 Å². The van der Waals surface area contributed by atoms with Crippen LogP contribution in [0.3, 0.4) is 0 Å². The standard InChI is InChI=1S/C25H33FO6/c1-15(27)12-21(30)32-14-20(29)25(31)9-7-18-19-5-4-16-13-17(28)6-8-22(16,2)24(19,26)11-10-23(18,25)3/h6,8,13,15,18-19,27,31H,4-5,7,9-12,14H2,1-3H3/t15?,18-,19-,22-,23-,24+,25-/m0/s1. The van der Waals surface area contributed by atoms with E-state index in [1.54, 1.807) is 12.2 Å². The molecule has 4 aliphatic carbocycles. The molecule has 0 heterocycles. The Kier molecular flexibility index (Phi) is 5.53. The predicted octanol–water partition coefficient (Wildman–Crippen LogP) is 3.00. The van der Waals surface area contributed by atoms with Gasteiger partial charge in [-0.05, 0) is 76.4 Å². The number of aliphatic hydroxyl groups is 2. The minimum atomic E-state index is -1.68. The molecule has 4 rings (SSSR count). The Labute approximate surface area is 187 Å². The van der Waals surface area contributed by atoms with Crippen LogP contribution in [0.1, 0.15) is 65.7 Å². The molecule has 0 aromatic rings. The molecule has 4 aliphatic rings. The third kappa shape index (κ3) is 3.15. The van der Waals surface area contributed by atoms with Crippen LogP contribution in [0.2, 0.25) is 0 Å². The molecule has 0 amide bonds. The third-order valence-electron chi connectivity index (χ3n) is 9.10. The van der Waals surface area contributed by atoms with Crippen LogP contribution in [-0.2, 0) is 19.1 Å². The molecule has 1 unspecified atom stereocenters. The van der Waals surface area contributed by atoms with E-state index in [9.17, 15) is 24.6 Å². The summed E-state index contributed by atoms with van der Waals surface area (Å²) in [5, 5.41) is 20.8. The predicted molar refractivity (Wildman–Crippen MR) is 114 cm³/mol. The molecule has 176 valence electrons. The number of halogens is 1. The van der Waals surface area contributed by atoms with E-state index in [1.165, 1.54) is 13.0 Å². The lowest BCUT2D eigenvalue weighted by atomic mass is 9.45. The highest BCUT2D eigenvalue weighted by molar-refractivity contribution is 6.01. The van der Waals surface area contributed by atoms with Gasteiger partial charge in [-0.2, -0.15) is 0 Å². The zero-order valence-electron chi connectivity index (χ0n) is 19.0. The highest BCUT2D eigenvalue weighted by atomic mass is 19.1. The molecule has 0 radical (unpaired) electrons. The Bertz CT molecular complexity index is 908. The minimum Gasteiger partial charge on any atom is -0.457 e. The van der Waals surface area contributed by atoms with E-state index in [0.717, 1.165) is 5.57 Å². The lowest BCUT2D eigenvalue weighted by Gasteiger charge is -2.60. The topological polar surface area (TPSA) is 101 Å². The number of esters is 1. The molecule has 6 nitrogen and oxygen atoms in total. The number of hydrogen-bond donors (Lipinski definition) is 2. The maximum absolute atomic E-state index is 16.8. The number of fused-ring (bicyclic) bond motifs is 5. The summed E-state index contributed by atoms with van der Waals surface area (Å²) in [4.78, 5) is 36.7. The van der Waals surface area contributed by atoms with Crippen molar-refractivity contribution in [3.05, 3.63) is 23.8 Å². The van der Waals surface area contributed by atoms with Gasteiger partial charge in [0.2, 0.25) is 5.78 Å². The number of rotatable bonds is 5. The molecule has 7 atom stereocenters. The van der Waals surface area contributed by atoms with Gasteiger partial charge in [0.15, 0.2) is 12.4 Å². The van der Waals surface area contributed by atoms with E-state index in [1.807, 2.05) is 13.8 Å². The number of aliphatic hydroxyl groups excluding tert-OH is 1. The number of allylic oxidation sites excluding steroid dienone is 4. The maximum atomic E-state index is 16.8. The van der Waals surface area contributed by atoms with Crippen molar-refractivity contribution in [2.24, 2.45) is 22.7 Å². The largest absolute Gasteiger partial charge is 0.457 e. The fraction of sp³-hybridized carbons (Fsp3) is 0.720. The molecule has 3 saturated carbocycles. The number of alkyl halides is 1. The van der Waals surface area contributed by atoms with Crippen LogP contribution in [0, 0.1) is 22.7 Å². The molecule has 7 heteroatoms. The Morgan fingerprint density at radius 1 is 1.22 bits per heavy atom. The van der Waals surface area contributed by atoms with Crippen molar-refractivity contribution in [2.75, 3.05) is 6.61 Å². The van der Waals surface area contributed by atoms with Crippen molar-refractivity contribution < 1.29 is 33.7 Å². The highest BCUT2D eigenvalue weighted by Gasteiger charge is 2.71. The fourth-order valence-corrected chi connectivity index (χ4v) is 7.13. The van der Waals surface area contributed by atoms with Gasteiger partial charge in [0, 0.05) is 10.8 Å². The molecule has 0 bridgehead atoms. The van der Waals surface area contributed by atoms with Crippen LogP contribution in [0.4, 0.5) is 4.39 Å². The monoisotopic (exact) mass is 448 g/mol. The smallest absolute Gasteiger partial charge is 0.308 e. The number of ether oxygens (including phenoxy) is 1. The van der Waals surface area contributed by atoms with Crippen LogP contribution >= 0.6 is 0 Å². The van der Waals surface area contributed by atoms with Gasteiger partial charge in [0.1, 0.15) is 11.3 Å². The molecular formula is C25H33FO6. The van der Waals surface area contributed by atoms with Gasteiger partial charge in [-0.15, -0.1) is 0 Å². The number of carbonyl (C=O) groups is 3. The van der Waals surface area contributed by atoms with Crippen LogP contribution in [0.5, 0.6) is 0 Å². The molecular weight excluding hydrogens is 415 g/mol. The van der Waals surface area contributed by atoms with Gasteiger partial charge in [0.25, 0.3) is 0 Å². The molecule has 0 saturated heterocycles. The van der Waals surface area contributed by atoms with Crippen LogP contribution in [0.25, 0.3) is 0 Å². The average Bonchev–Trinajstić information content (AvgIpc) is 2.99. The molecule has 32 heavy (non-hydrogen) atoms. The number of hydrogen-bond acceptors (Lipinski definition) is 6. The third-order valence-corrected chi connectivity index (χ3v) is 9.10. The summed E-state index contributed by atoms with van der Waals surface area (Å²) >= 11 is 0. The van der Waals surface area contributed by atoms with E-state index in [-0.39, 0.29) is 36.9 Å². The SMILES string of the molecule is CC(O)CC(=O)OCC(=O)[C@@]1(O)CC[C@H]2[C@@H]3CCC4=CC(=O)C=C[C@]4(C)[C@@]3(F)CC[C@@]21C. The van der Waals surface area contributed by atoms with Crippen molar-refractivity contribution in [2.45, 2.75) is 83.1 Å². The zero-order valence-corrected chi connectivity index (χ0v) is 19.0. The Balaban J connectivity index is 1.57. The summed E-state index contributed by atoms with van der Waals surface area (Å²) in [5.74, 6) is -1.88. The van der Waals surface area contributed by atoms with Crippen LogP contribution in [0.15, 0.2) is 23.8 Å². The first-order valence-corrected chi connectivity index (χ1v) is 11.6. The van der Waals surface area contributed by atoms with Crippen molar-refractivity contribution in [3.8, 4) is 0 Å². The second-order valence-corrected chi connectivity index (χ2v) is 10.7. The van der Waals surface area contributed by atoms with Crippen LogP contribution in [-0.4, -0.2) is 51.7 Å². The van der Waals surface area contributed by atoms with E-state index in [2.05, 4.69) is 0 Å². The number of carbonyl (C=O) groups excluding carboxylic acids is 3. The molecule has 0 spiro atoms. The van der Waals surface area contributed by atoms with Gasteiger partial charge >= 0.3 is 5.97 Å². The van der Waals surface area contributed by atoms with Crippen LogP contribution < -0.4 is 0 Å². The zero-order chi connectivity index (χ0) is 23.5. The first-order valence-electron chi connectivity index (χ1n) is 11.6. The summed E-state index contributed by atoms with van der Waals surface area (Å²) < 4.78 is 21.8. The van der Waals surface area contributed by atoms with Gasteiger partial charge in [0.05, 0.1) is 12.5 Å². The van der Waals surface area contributed by atoms with Gasteiger partial charge in [-0.25, -0.2) is 4.39 Å². The normalized spacial score (nSPS) is 43.6. The first kappa shape index (κ1) is 23.3. The molecule has 0 aromatic heterocycles. The van der Waals surface area contributed by atoms with Crippen molar-refractivity contribution in [1.29, 1.82) is 0 Å². The summed E-state index contributed by atoms with van der Waals surface area (Å²) in [6.07, 6.45) is 6.10. The van der Waals surface area contributed by atoms with Crippen molar-refractivity contribution in [3.63, 3.8) is 0 Å². The summed E-state index contributed by atoms with van der Waals surface area (Å²) in [6.45, 7) is 4.64. The Morgan fingerprint density at radius 2 is 1.94 bits per heavy atom. The van der Waals surface area contributed by atoms with E-state index in [4.69, 9.17) is 4.74 Å². The molecule has 0 aliphatic heterocycles. The first-order chi connectivity index (χ1) is 14.9. The lowest BCUT2D eigenvalue weighted by Crippen LogP contribution is -2.63. The van der Waals surface area contributed by atoms with Gasteiger partial charge < -0.3 is 14.9 Å². The second kappa shape index (κ2) is 7.59. The molecule has 2 N–H and O–H groups in total. The Hall–Kier alpha value is -1.86. The summed E-state index contributed by atoms with van der Waals surface area (Å²) in [5.41, 5.74) is -4.06. The van der Waals surface area contributed by atoms with Gasteiger partial charge in [-0.1, -0.05) is 18.6 Å². The molecule has 3 fully saturated rings. The quantitative estimate of drug-likeness (QED) is 0.627. The second-order valence-electron chi connectivity index (χ2n) is 10.7. The number of Topliss-reactive ketones (excluding diaryl/α,β-unsaturated/α-hetero) is 1.